The zero-order chi connectivity index (χ0) is 18.7. The number of aromatic nitrogens is 2. The lowest BCUT2D eigenvalue weighted by molar-refractivity contribution is 0.313. The summed E-state index contributed by atoms with van der Waals surface area (Å²) in [6, 6.07) is 5.81. The van der Waals surface area contributed by atoms with Crippen LogP contribution in [0, 0.1) is 12.7 Å². The molecule has 0 spiro atoms. The number of aromatic hydroxyl groups is 1. The largest absolute Gasteiger partial charge is 0.507 e. The fourth-order valence-electron chi connectivity index (χ4n) is 2.51. The number of halogens is 2. The first-order valence-corrected chi connectivity index (χ1v) is 8.34. The van der Waals surface area contributed by atoms with Crippen LogP contribution in [0.4, 0.5) is 15.9 Å². The number of ether oxygens (including phenoxy) is 2. The van der Waals surface area contributed by atoms with Crippen LogP contribution in [0.5, 0.6) is 17.2 Å². The van der Waals surface area contributed by atoms with Crippen LogP contribution in [-0.4, -0.2) is 34.7 Å². The normalized spacial score (nSPS) is 10.8. The summed E-state index contributed by atoms with van der Waals surface area (Å²) in [5.74, 6) is 1.12. The summed E-state index contributed by atoms with van der Waals surface area (Å²) in [5, 5.41) is 13.5. The Kier molecular flexibility index (Phi) is 5.27. The number of nitrogens with one attached hydrogen (secondary N) is 1. The van der Waals surface area contributed by atoms with Gasteiger partial charge in [0.2, 0.25) is 0 Å². The summed E-state index contributed by atoms with van der Waals surface area (Å²) in [7, 11) is 1.53. The number of nitrogens with zero attached hydrogens (tertiary/aromatic N) is 2. The zero-order valence-electron chi connectivity index (χ0n) is 14.2. The number of rotatable bonds is 6. The molecular weight excluding hydrogens is 361 g/mol. The van der Waals surface area contributed by atoms with Gasteiger partial charge >= 0.3 is 0 Å². The van der Waals surface area contributed by atoms with Crippen molar-refractivity contribution < 1.29 is 19.0 Å². The first-order chi connectivity index (χ1) is 12.5. The summed E-state index contributed by atoms with van der Waals surface area (Å²) in [6.07, 6.45) is 1.39. The molecule has 0 fully saturated rings. The number of methoxy groups -OCH3 is 1. The molecule has 2 N–H and O–H groups in total. The van der Waals surface area contributed by atoms with Crippen LogP contribution in [0.3, 0.4) is 0 Å². The number of anilines is 2. The molecule has 26 heavy (non-hydrogen) atoms. The lowest BCUT2D eigenvalue weighted by Crippen LogP contribution is -2.02. The van der Waals surface area contributed by atoms with E-state index in [4.69, 9.17) is 21.1 Å². The number of hydrogen-bond acceptors (Lipinski definition) is 6. The molecule has 0 unspecified atom stereocenters. The van der Waals surface area contributed by atoms with Gasteiger partial charge in [0.25, 0.3) is 0 Å². The van der Waals surface area contributed by atoms with Crippen LogP contribution >= 0.6 is 11.6 Å². The highest BCUT2D eigenvalue weighted by atomic mass is 35.5. The minimum absolute atomic E-state index is 0.139. The molecule has 3 aromatic rings. The molecule has 1 aromatic heterocycles. The van der Waals surface area contributed by atoms with E-state index in [2.05, 4.69) is 15.3 Å². The Hall–Kier alpha value is -2.80. The lowest BCUT2D eigenvalue weighted by Gasteiger charge is -2.14. The van der Waals surface area contributed by atoms with E-state index in [1.54, 1.807) is 19.1 Å². The fraction of sp³-hybridized carbons (Fsp3) is 0.222. The standard InChI is InChI=1S/C18H17ClFN3O3/c1-10-13(5-11(20)6-15(10)24)23-18-12-7-16(25-2)17(26-4-3-19)8-14(12)21-9-22-18/h5-9,24H,3-4H2,1-2H3,(H,21,22,23). The van der Waals surface area contributed by atoms with Crippen molar-refractivity contribution in [1.82, 2.24) is 9.97 Å². The van der Waals surface area contributed by atoms with E-state index >= 15 is 0 Å². The highest BCUT2D eigenvalue weighted by molar-refractivity contribution is 6.18. The Labute approximate surface area is 154 Å². The summed E-state index contributed by atoms with van der Waals surface area (Å²) >= 11 is 5.67. The van der Waals surface area contributed by atoms with Crippen molar-refractivity contribution in [3.05, 3.63) is 42.0 Å². The van der Waals surface area contributed by atoms with Crippen molar-refractivity contribution in [3.8, 4) is 17.2 Å². The summed E-state index contributed by atoms with van der Waals surface area (Å²) < 4.78 is 24.6. The number of hydrogen-bond donors (Lipinski definition) is 2. The first-order valence-electron chi connectivity index (χ1n) is 7.81. The SMILES string of the molecule is COc1cc2c(Nc3cc(F)cc(O)c3C)ncnc2cc1OCCCl. The predicted octanol–water partition coefficient (Wildman–Crippen LogP) is 4.15. The Morgan fingerprint density at radius 2 is 2.00 bits per heavy atom. The molecule has 8 heteroatoms. The quantitative estimate of drug-likeness (QED) is 0.628. The van der Waals surface area contributed by atoms with Gasteiger partial charge in [-0.25, -0.2) is 14.4 Å². The van der Waals surface area contributed by atoms with Crippen LogP contribution < -0.4 is 14.8 Å². The van der Waals surface area contributed by atoms with Crippen LogP contribution in [0.15, 0.2) is 30.6 Å². The predicted molar refractivity (Wildman–Crippen MR) is 98.4 cm³/mol. The Morgan fingerprint density at radius 3 is 2.73 bits per heavy atom. The van der Waals surface area contributed by atoms with Gasteiger partial charge in [0, 0.05) is 28.8 Å². The monoisotopic (exact) mass is 377 g/mol. The smallest absolute Gasteiger partial charge is 0.163 e. The molecule has 1 heterocycles. The van der Waals surface area contributed by atoms with Crippen LogP contribution in [-0.2, 0) is 0 Å². The maximum absolute atomic E-state index is 13.6. The molecule has 6 nitrogen and oxygen atoms in total. The Balaban J connectivity index is 2.07. The molecule has 0 saturated heterocycles. The molecule has 0 aliphatic carbocycles. The van der Waals surface area contributed by atoms with E-state index in [9.17, 15) is 9.50 Å². The molecule has 3 rings (SSSR count). The number of phenols is 1. The second kappa shape index (κ2) is 7.61. The number of benzene rings is 2. The molecule has 0 atom stereocenters. The Bertz CT molecular complexity index is 953. The van der Waals surface area contributed by atoms with Crippen molar-refractivity contribution in [2.45, 2.75) is 6.92 Å². The number of fused-ring (bicyclic) bond motifs is 1. The topological polar surface area (TPSA) is 76.5 Å². The van der Waals surface area contributed by atoms with Gasteiger partial charge in [0.15, 0.2) is 11.5 Å². The van der Waals surface area contributed by atoms with Gasteiger partial charge in [-0.1, -0.05) is 0 Å². The van der Waals surface area contributed by atoms with Gasteiger partial charge in [0.05, 0.1) is 18.5 Å². The second-order valence-electron chi connectivity index (χ2n) is 5.50. The van der Waals surface area contributed by atoms with Gasteiger partial charge in [-0.15, -0.1) is 11.6 Å². The van der Waals surface area contributed by atoms with Crippen molar-refractivity contribution >= 4 is 34.0 Å². The Morgan fingerprint density at radius 1 is 1.19 bits per heavy atom. The van der Waals surface area contributed by atoms with Gasteiger partial charge in [-0.3, -0.25) is 0 Å². The average molecular weight is 378 g/mol. The molecule has 0 radical (unpaired) electrons. The molecular formula is C18H17ClFN3O3. The number of phenolic OH excluding ortho intramolecular Hbond substituents is 1. The highest BCUT2D eigenvalue weighted by Gasteiger charge is 2.14. The molecule has 0 amide bonds. The minimum Gasteiger partial charge on any atom is -0.507 e. The number of alkyl halides is 1. The van der Waals surface area contributed by atoms with Gasteiger partial charge in [-0.2, -0.15) is 0 Å². The van der Waals surface area contributed by atoms with Gasteiger partial charge in [0.1, 0.15) is 30.3 Å². The van der Waals surface area contributed by atoms with E-state index in [1.165, 1.54) is 19.5 Å². The molecule has 0 aliphatic heterocycles. The van der Waals surface area contributed by atoms with E-state index in [0.29, 0.717) is 52.0 Å². The van der Waals surface area contributed by atoms with Crippen molar-refractivity contribution in [3.63, 3.8) is 0 Å². The molecule has 136 valence electrons. The van der Waals surface area contributed by atoms with E-state index in [1.807, 2.05) is 0 Å². The summed E-state index contributed by atoms with van der Waals surface area (Å²) in [5.41, 5.74) is 1.53. The maximum Gasteiger partial charge on any atom is 0.163 e. The highest BCUT2D eigenvalue weighted by Crippen LogP contribution is 2.36. The van der Waals surface area contributed by atoms with E-state index < -0.39 is 5.82 Å². The second-order valence-corrected chi connectivity index (χ2v) is 5.88. The minimum atomic E-state index is -0.552. The van der Waals surface area contributed by atoms with Crippen LogP contribution in [0.1, 0.15) is 5.56 Å². The van der Waals surface area contributed by atoms with Crippen LogP contribution in [0.2, 0.25) is 0 Å². The van der Waals surface area contributed by atoms with Crippen molar-refractivity contribution in [2.24, 2.45) is 0 Å². The van der Waals surface area contributed by atoms with Crippen LogP contribution in [0.25, 0.3) is 10.9 Å². The maximum atomic E-state index is 13.6. The summed E-state index contributed by atoms with van der Waals surface area (Å²) in [6.45, 7) is 2.01. The third kappa shape index (κ3) is 3.57. The fourth-order valence-corrected chi connectivity index (χ4v) is 2.58. The van der Waals surface area contributed by atoms with Crippen molar-refractivity contribution in [1.29, 1.82) is 0 Å². The van der Waals surface area contributed by atoms with Gasteiger partial charge < -0.3 is 19.9 Å². The third-order valence-corrected chi connectivity index (χ3v) is 4.01. The van der Waals surface area contributed by atoms with E-state index in [0.717, 1.165) is 6.07 Å². The van der Waals surface area contributed by atoms with Crippen molar-refractivity contribution in [2.75, 3.05) is 24.9 Å². The van der Waals surface area contributed by atoms with Gasteiger partial charge in [-0.05, 0) is 19.1 Å². The zero-order valence-corrected chi connectivity index (χ0v) is 15.0. The molecule has 2 aromatic carbocycles. The molecule has 0 bridgehead atoms. The summed E-state index contributed by atoms with van der Waals surface area (Å²) in [4.78, 5) is 8.47. The first kappa shape index (κ1) is 18.0. The third-order valence-electron chi connectivity index (χ3n) is 3.85. The molecule has 0 saturated carbocycles. The molecule has 0 aliphatic rings. The lowest BCUT2D eigenvalue weighted by atomic mass is 10.1. The van der Waals surface area contributed by atoms with E-state index in [-0.39, 0.29) is 5.75 Å². The average Bonchev–Trinajstić information content (AvgIpc) is 2.63.